The molecule has 1 fully saturated rings. The Kier molecular flexibility index (Phi) is 5.80. The van der Waals surface area contributed by atoms with Crippen molar-refractivity contribution in [2.24, 2.45) is 11.8 Å². The summed E-state index contributed by atoms with van der Waals surface area (Å²) in [6, 6.07) is 6.04. The van der Waals surface area contributed by atoms with Gasteiger partial charge in [-0.25, -0.2) is 4.39 Å². The van der Waals surface area contributed by atoms with E-state index >= 15 is 0 Å². The van der Waals surface area contributed by atoms with Gasteiger partial charge in [0, 0.05) is 12.5 Å². The SMILES string of the molecule is CCN1CCC(C(CO)COc2ccc(F)cc2)CC1. The van der Waals surface area contributed by atoms with Gasteiger partial charge in [0.1, 0.15) is 11.6 Å². The van der Waals surface area contributed by atoms with Gasteiger partial charge in [0.25, 0.3) is 0 Å². The maximum atomic E-state index is 12.8. The molecule has 1 unspecified atom stereocenters. The topological polar surface area (TPSA) is 32.7 Å². The minimum absolute atomic E-state index is 0.151. The molecule has 0 aliphatic carbocycles. The van der Waals surface area contributed by atoms with Gasteiger partial charge in [0.15, 0.2) is 0 Å². The second kappa shape index (κ2) is 7.60. The molecule has 0 radical (unpaired) electrons. The molecule has 3 nitrogen and oxygen atoms in total. The lowest BCUT2D eigenvalue weighted by atomic mass is 9.85. The Bertz CT molecular complexity index is 388. The Morgan fingerprint density at radius 3 is 2.50 bits per heavy atom. The van der Waals surface area contributed by atoms with E-state index in [1.165, 1.54) is 12.1 Å². The molecule has 0 amide bonds. The molecule has 112 valence electrons. The fourth-order valence-corrected chi connectivity index (χ4v) is 2.81. The minimum Gasteiger partial charge on any atom is -0.493 e. The van der Waals surface area contributed by atoms with E-state index in [0.717, 1.165) is 32.5 Å². The highest BCUT2D eigenvalue weighted by Crippen LogP contribution is 2.25. The predicted molar refractivity (Wildman–Crippen MR) is 77.3 cm³/mol. The van der Waals surface area contributed by atoms with Gasteiger partial charge < -0.3 is 14.7 Å². The quantitative estimate of drug-likeness (QED) is 0.870. The number of piperidine rings is 1. The molecular weight excluding hydrogens is 257 g/mol. The second-order valence-electron chi connectivity index (χ2n) is 5.48. The van der Waals surface area contributed by atoms with Crippen LogP contribution in [0.25, 0.3) is 0 Å². The van der Waals surface area contributed by atoms with Crippen molar-refractivity contribution in [3.8, 4) is 5.75 Å². The third-order valence-electron chi connectivity index (χ3n) is 4.26. The van der Waals surface area contributed by atoms with Gasteiger partial charge >= 0.3 is 0 Å². The molecule has 1 saturated heterocycles. The summed E-state index contributed by atoms with van der Waals surface area (Å²) >= 11 is 0. The van der Waals surface area contributed by atoms with Crippen LogP contribution in [0.5, 0.6) is 5.75 Å². The van der Waals surface area contributed by atoms with E-state index in [-0.39, 0.29) is 18.3 Å². The van der Waals surface area contributed by atoms with Gasteiger partial charge in [0.2, 0.25) is 0 Å². The number of rotatable bonds is 6. The zero-order chi connectivity index (χ0) is 14.4. The van der Waals surface area contributed by atoms with Crippen LogP contribution in [0.3, 0.4) is 0 Å². The molecule has 1 aromatic rings. The van der Waals surface area contributed by atoms with Gasteiger partial charge in [-0.1, -0.05) is 6.92 Å². The van der Waals surface area contributed by atoms with E-state index in [1.54, 1.807) is 12.1 Å². The summed E-state index contributed by atoms with van der Waals surface area (Å²) in [5, 5.41) is 9.57. The summed E-state index contributed by atoms with van der Waals surface area (Å²) in [6.45, 7) is 6.14. The Morgan fingerprint density at radius 2 is 1.95 bits per heavy atom. The van der Waals surface area contributed by atoms with E-state index < -0.39 is 0 Å². The highest BCUT2D eigenvalue weighted by atomic mass is 19.1. The summed E-state index contributed by atoms with van der Waals surface area (Å²) in [4.78, 5) is 2.44. The molecule has 1 N–H and O–H groups in total. The molecule has 1 atom stereocenters. The van der Waals surface area contributed by atoms with Crippen molar-refractivity contribution >= 4 is 0 Å². The molecule has 1 aliphatic heterocycles. The predicted octanol–water partition coefficient (Wildman–Crippen LogP) is 2.54. The fraction of sp³-hybridized carbons (Fsp3) is 0.625. The van der Waals surface area contributed by atoms with Gasteiger partial charge in [-0.3, -0.25) is 0 Å². The van der Waals surface area contributed by atoms with Crippen molar-refractivity contribution in [2.45, 2.75) is 19.8 Å². The number of hydrogen-bond acceptors (Lipinski definition) is 3. The molecule has 1 aliphatic rings. The van der Waals surface area contributed by atoms with Crippen molar-refractivity contribution in [2.75, 3.05) is 32.8 Å². The summed E-state index contributed by atoms with van der Waals surface area (Å²) < 4.78 is 18.5. The molecule has 1 aromatic carbocycles. The maximum absolute atomic E-state index is 12.8. The summed E-state index contributed by atoms with van der Waals surface area (Å²) in [5.41, 5.74) is 0. The van der Waals surface area contributed by atoms with Crippen molar-refractivity contribution in [3.05, 3.63) is 30.1 Å². The van der Waals surface area contributed by atoms with Crippen LogP contribution in [0.15, 0.2) is 24.3 Å². The first kappa shape index (κ1) is 15.3. The summed E-state index contributed by atoms with van der Waals surface area (Å²) in [6.07, 6.45) is 2.23. The van der Waals surface area contributed by atoms with Crippen LogP contribution in [0, 0.1) is 17.7 Å². The summed E-state index contributed by atoms with van der Waals surface area (Å²) in [7, 11) is 0. The normalized spacial score (nSPS) is 18.9. The van der Waals surface area contributed by atoms with E-state index in [1.807, 2.05) is 0 Å². The van der Waals surface area contributed by atoms with Gasteiger partial charge in [-0.05, 0) is 62.7 Å². The van der Waals surface area contributed by atoms with E-state index in [4.69, 9.17) is 4.74 Å². The standard InChI is InChI=1S/C16H24FNO2/c1-2-18-9-7-13(8-10-18)14(11-19)12-20-16-5-3-15(17)4-6-16/h3-6,13-14,19H,2,7-12H2,1H3. The third-order valence-corrected chi connectivity index (χ3v) is 4.26. The second-order valence-corrected chi connectivity index (χ2v) is 5.48. The highest BCUT2D eigenvalue weighted by molar-refractivity contribution is 5.22. The number of aliphatic hydroxyl groups is 1. The Hall–Kier alpha value is -1.13. The number of aliphatic hydroxyl groups excluding tert-OH is 1. The first-order valence-corrected chi connectivity index (χ1v) is 7.44. The van der Waals surface area contributed by atoms with Crippen molar-refractivity contribution < 1.29 is 14.2 Å². The molecular formula is C16H24FNO2. The van der Waals surface area contributed by atoms with Gasteiger partial charge in [-0.2, -0.15) is 0 Å². The number of halogens is 1. The average Bonchev–Trinajstić information content (AvgIpc) is 2.50. The van der Waals surface area contributed by atoms with Crippen LogP contribution >= 0.6 is 0 Å². The molecule has 20 heavy (non-hydrogen) atoms. The number of likely N-dealkylation sites (tertiary alicyclic amines) is 1. The van der Waals surface area contributed by atoms with Crippen LogP contribution in [0.4, 0.5) is 4.39 Å². The minimum atomic E-state index is -0.261. The lowest BCUT2D eigenvalue weighted by molar-refractivity contribution is 0.0756. The van der Waals surface area contributed by atoms with Crippen molar-refractivity contribution in [1.29, 1.82) is 0 Å². The smallest absolute Gasteiger partial charge is 0.123 e. The Labute approximate surface area is 120 Å². The lowest BCUT2D eigenvalue weighted by Crippen LogP contribution is -2.38. The molecule has 0 aromatic heterocycles. The lowest BCUT2D eigenvalue weighted by Gasteiger charge is -2.34. The van der Waals surface area contributed by atoms with E-state index in [9.17, 15) is 9.50 Å². The first-order valence-electron chi connectivity index (χ1n) is 7.44. The number of hydrogen-bond donors (Lipinski definition) is 1. The monoisotopic (exact) mass is 281 g/mol. The van der Waals surface area contributed by atoms with Crippen LogP contribution in [-0.4, -0.2) is 42.9 Å². The van der Waals surface area contributed by atoms with E-state index in [2.05, 4.69) is 11.8 Å². The zero-order valence-electron chi connectivity index (χ0n) is 12.1. The van der Waals surface area contributed by atoms with Crippen LogP contribution in [-0.2, 0) is 0 Å². The Balaban J connectivity index is 1.81. The zero-order valence-corrected chi connectivity index (χ0v) is 12.1. The van der Waals surface area contributed by atoms with Crippen LogP contribution in [0.1, 0.15) is 19.8 Å². The number of ether oxygens (including phenoxy) is 1. The molecule has 2 rings (SSSR count). The fourth-order valence-electron chi connectivity index (χ4n) is 2.81. The molecule has 0 spiro atoms. The number of benzene rings is 1. The molecule has 0 saturated carbocycles. The molecule has 0 bridgehead atoms. The van der Waals surface area contributed by atoms with Crippen molar-refractivity contribution in [1.82, 2.24) is 4.90 Å². The van der Waals surface area contributed by atoms with Crippen LogP contribution < -0.4 is 4.74 Å². The Morgan fingerprint density at radius 1 is 1.30 bits per heavy atom. The largest absolute Gasteiger partial charge is 0.493 e. The highest BCUT2D eigenvalue weighted by Gasteiger charge is 2.26. The maximum Gasteiger partial charge on any atom is 0.123 e. The average molecular weight is 281 g/mol. The molecule has 4 heteroatoms. The van der Waals surface area contributed by atoms with Crippen molar-refractivity contribution in [3.63, 3.8) is 0 Å². The van der Waals surface area contributed by atoms with Crippen LogP contribution in [0.2, 0.25) is 0 Å². The van der Waals surface area contributed by atoms with Gasteiger partial charge in [-0.15, -0.1) is 0 Å². The first-order chi connectivity index (χ1) is 9.72. The third kappa shape index (κ3) is 4.18. The molecule has 1 heterocycles. The van der Waals surface area contributed by atoms with E-state index in [0.29, 0.717) is 18.3 Å². The summed E-state index contributed by atoms with van der Waals surface area (Å²) in [5.74, 6) is 1.08. The number of nitrogens with zero attached hydrogens (tertiary/aromatic N) is 1. The van der Waals surface area contributed by atoms with Gasteiger partial charge in [0.05, 0.1) is 6.61 Å².